The molecule has 0 bridgehead atoms. The molecule has 2 rings (SSSR count). The van der Waals surface area contributed by atoms with E-state index >= 15 is 0 Å². The van der Waals surface area contributed by atoms with Gasteiger partial charge in [0.15, 0.2) is 10.9 Å². The predicted molar refractivity (Wildman–Crippen MR) is 47.2 cm³/mol. The summed E-state index contributed by atoms with van der Waals surface area (Å²) in [4.78, 5) is 16.1. The average Bonchev–Trinajstić information content (AvgIpc) is 2.39. The Morgan fingerprint density at radius 3 is 3.08 bits per heavy atom. The Hall–Kier alpha value is -0.940. The van der Waals surface area contributed by atoms with Crippen LogP contribution in [0.4, 0.5) is 5.13 Å². The highest BCUT2D eigenvalue weighted by atomic mass is 32.1. The van der Waals surface area contributed by atoms with Crippen molar-refractivity contribution in [3.05, 3.63) is 10.6 Å². The Balaban J connectivity index is 2.48. The lowest BCUT2D eigenvalue weighted by molar-refractivity contribution is 0.0952. The molecule has 1 aromatic heterocycles. The van der Waals surface area contributed by atoms with Crippen molar-refractivity contribution < 1.29 is 4.79 Å². The van der Waals surface area contributed by atoms with Crippen LogP contribution in [0, 0.1) is 0 Å². The minimum atomic E-state index is -0.350. The van der Waals surface area contributed by atoms with E-state index in [4.69, 9.17) is 11.5 Å². The number of carbonyl (C=O) groups excluding carboxylic acids is 1. The van der Waals surface area contributed by atoms with Crippen LogP contribution < -0.4 is 11.5 Å². The van der Waals surface area contributed by atoms with Crippen molar-refractivity contribution in [3.8, 4) is 0 Å². The molecule has 1 aliphatic carbocycles. The first-order chi connectivity index (χ1) is 5.68. The zero-order valence-corrected chi connectivity index (χ0v) is 7.23. The fraction of sp³-hybridized carbons (Fsp3) is 0.429. The van der Waals surface area contributed by atoms with Crippen LogP contribution in [0.15, 0.2) is 0 Å². The largest absolute Gasteiger partial charge is 0.375 e. The van der Waals surface area contributed by atoms with Gasteiger partial charge in [0.05, 0.1) is 16.6 Å². The van der Waals surface area contributed by atoms with Crippen molar-refractivity contribution >= 4 is 22.3 Å². The number of nitrogens with two attached hydrogens (primary N) is 2. The van der Waals surface area contributed by atoms with Gasteiger partial charge in [-0.2, -0.15) is 0 Å². The minimum Gasteiger partial charge on any atom is -0.375 e. The second-order valence-corrected chi connectivity index (χ2v) is 3.87. The zero-order chi connectivity index (χ0) is 8.72. The van der Waals surface area contributed by atoms with E-state index in [9.17, 15) is 4.79 Å². The van der Waals surface area contributed by atoms with E-state index in [-0.39, 0.29) is 11.8 Å². The summed E-state index contributed by atoms with van der Waals surface area (Å²) in [5.74, 6) is -0.00884. The van der Waals surface area contributed by atoms with Gasteiger partial charge in [-0.15, -0.1) is 0 Å². The number of ketones is 1. The number of anilines is 1. The topological polar surface area (TPSA) is 82.0 Å². The van der Waals surface area contributed by atoms with Crippen molar-refractivity contribution in [1.82, 2.24) is 4.98 Å². The number of nitrogens with zero attached hydrogens (tertiary/aromatic N) is 1. The smallest absolute Gasteiger partial charge is 0.191 e. The molecule has 0 saturated heterocycles. The Morgan fingerprint density at radius 2 is 2.33 bits per heavy atom. The molecule has 0 aliphatic heterocycles. The molecule has 64 valence electrons. The Morgan fingerprint density at radius 1 is 1.58 bits per heavy atom. The van der Waals surface area contributed by atoms with Crippen molar-refractivity contribution in [1.29, 1.82) is 0 Å². The number of hydrogen-bond donors (Lipinski definition) is 2. The number of aryl methyl sites for hydroxylation is 1. The Bertz CT molecular complexity index is 333. The van der Waals surface area contributed by atoms with Gasteiger partial charge in [-0.3, -0.25) is 4.79 Å². The van der Waals surface area contributed by atoms with E-state index in [0.29, 0.717) is 16.4 Å². The molecule has 0 radical (unpaired) electrons. The van der Waals surface area contributed by atoms with E-state index in [2.05, 4.69) is 4.98 Å². The summed E-state index contributed by atoms with van der Waals surface area (Å²) in [6.45, 7) is 0. The molecule has 1 atom stereocenters. The third-order valence-corrected chi connectivity index (χ3v) is 2.91. The van der Waals surface area contributed by atoms with E-state index in [0.717, 1.165) is 12.1 Å². The van der Waals surface area contributed by atoms with E-state index in [1.54, 1.807) is 0 Å². The lowest BCUT2D eigenvalue weighted by Crippen LogP contribution is -2.34. The van der Waals surface area contributed by atoms with Gasteiger partial charge in [-0.1, -0.05) is 11.3 Å². The fourth-order valence-corrected chi connectivity index (χ4v) is 2.21. The SMILES string of the molecule is Nc1nc2c(s1)C(=O)[C@@H](N)CC2. The molecule has 1 aromatic rings. The summed E-state index contributed by atoms with van der Waals surface area (Å²) in [5, 5.41) is 0.461. The van der Waals surface area contributed by atoms with Crippen molar-refractivity contribution in [2.45, 2.75) is 18.9 Å². The van der Waals surface area contributed by atoms with Crippen molar-refractivity contribution in [2.75, 3.05) is 5.73 Å². The van der Waals surface area contributed by atoms with Crippen molar-refractivity contribution in [3.63, 3.8) is 0 Å². The lowest BCUT2D eigenvalue weighted by Gasteiger charge is -2.14. The quantitative estimate of drug-likeness (QED) is 0.601. The van der Waals surface area contributed by atoms with Crippen LogP contribution in [0.5, 0.6) is 0 Å². The van der Waals surface area contributed by atoms with Gasteiger partial charge in [-0.25, -0.2) is 4.98 Å². The maximum absolute atomic E-state index is 11.4. The van der Waals surface area contributed by atoms with Crippen LogP contribution in [0.1, 0.15) is 21.8 Å². The molecule has 0 aromatic carbocycles. The van der Waals surface area contributed by atoms with Crippen LogP contribution in [0.25, 0.3) is 0 Å². The summed E-state index contributed by atoms with van der Waals surface area (Å²) in [6, 6.07) is -0.350. The number of thiazole rings is 1. The van der Waals surface area contributed by atoms with Gasteiger partial charge in [0.25, 0.3) is 0 Å². The monoisotopic (exact) mass is 183 g/mol. The molecule has 0 unspecified atom stereocenters. The van der Waals surface area contributed by atoms with Gasteiger partial charge in [0.2, 0.25) is 0 Å². The molecular formula is C7H9N3OS. The first kappa shape index (κ1) is 7.70. The van der Waals surface area contributed by atoms with Gasteiger partial charge in [0.1, 0.15) is 0 Å². The first-order valence-electron chi connectivity index (χ1n) is 3.73. The maximum atomic E-state index is 11.4. The molecule has 1 heterocycles. The first-order valence-corrected chi connectivity index (χ1v) is 4.55. The zero-order valence-electron chi connectivity index (χ0n) is 6.41. The summed E-state index contributed by atoms with van der Waals surface area (Å²) in [5.41, 5.74) is 11.9. The lowest BCUT2D eigenvalue weighted by atomic mass is 9.97. The summed E-state index contributed by atoms with van der Waals surface area (Å²) in [6.07, 6.45) is 1.46. The number of Topliss-reactive ketones (excluding diaryl/α,β-unsaturated/α-hetero) is 1. The normalized spacial score (nSPS) is 22.4. The number of hydrogen-bond acceptors (Lipinski definition) is 5. The minimum absolute atomic E-state index is 0.00884. The second kappa shape index (κ2) is 2.53. The molecule has 1 aliphatic rings. The summed E-state index contributed by atoms with van der Waals surface area (Å²) in [7, 11) is 0. The molecule has 12 heavy (non-hydrogen) atoms. The molecule has 0 fully saturated rings. The summed E-state index contributed by atoms with van der Waals surface area (Å²) < 4.78 is 0. The van der Waals surface area contributed by atoms with Crippen LogP contribution >= 0.6 is 11.3 Å². The molecule has 0 spiro atoms. The highest BCUT2D eigenvalue weighted by Crippen LogP contribution is 2.27. The van der Waals surface area contributed by atoms with Crippen molar-refractivity contribution in [2.24, 2.45) is 5.73 Å². The van der Waals surface area contributed by atoms with Gasteiger partial charge < -0.3 is 11.5 Å². The molecule has 0 saturated carbocycles. The number of aromatic nitrogens is 1. The summed E-state index contributed by atoms with van der Waals surface area (Å²) >= 11 is 1.24. The number of rotatable bonds is 0. The standard InChI is InChI=1S/C7H9N3OS/c8-3-1-2-4-6(5(3)11)12-7(9)10-4/h3H,1-2,8H2,(H2,9,10)/t3-/m0/s1. The molecule has 5 heteroatoms. The van der Waals surface area contributed by atoms with Gasteiger partial charge in [0, 0.05) is 0 Å². The van der Waals surface area contributed by atoms with Gasteiger partial charge >= 0.3 is 0 Å². The third kappa shape index (κ3) is 1.02. The Kier molecular flexibility index (Phi) is 1.62. The van der Waals surface area contributed by atoms with E-state index in [1.165, 1.54) is 11.3 Å². The van der Waals surface area contributed by atoms with Crippen LogP contribution in [-0.2, 0) is 6.42 Å². The molecule has 0 amide bonds. The van der Waals surface area contributed by atoms with Crippen LogP contribution in [-0.4, -0.2) is 16.8 Å². The Labute approximate surface area is 73.6 Å². The molecule has 4 nitrogen and oxygen atoms in total. The highest BCUT2D eigenvalue weighted by Gasteiger charge is 2.27. The number of fused-ring (bicyclic) bond motifs is 1. The number of carbonyl (C=O) groups is 1. The second-order valence-electron chi connectivity index (χ2n) is 2.84. The molecule has 4 N–H and O–H groups in total. The highest BCUT2D eigenvalue weighted by molar-refractivity contribution is 7.17. The molecular weight excluding hydrogens is 174 g/mol. The maximum Gasteiger partial charge on any atom is 0.191 e. The predicted octanol–water partition coefficient (Wildman–Crippen LogP) is 0.182. The third-order valence-electron chi connectivity index (χ3n) is 1.97. The van der Waals surface area contributed by atoms with E-state index < -0.39 is 0 Å². The van der Waals surface area contributed by atoms with Gasteiger partial charge in [-0.05, 0) is 12.8 Å². The van der Waals surface area contributed by atoms with Crippen LogP contribution in [0.2, 0.25) is 0 Å². The van der Waals surface area contributed by atoms with E-state index in [1.807, 2.05) is 0 Å². The fourth-order valence-electron chi connectivity index (χ4n) is 1.32. The number of nitrogen functional groups attached to an aromatic ring is 1. The van der Waals surface area contributed by atoms with Crippen LogP contribution in [0.3, 0.4) is 0 Å². The average molecular weight is 183 g/mol.